The second-order valence-corrected chi connectivity index (χ2v) is 33.2. The maximum absolute atomic E-state index is 15.3. The van der Waals surface area contributed by atoms with Crippen molar-refractivity contribution in [2.24, 2.45) is 11.7 Å². The van der Waals surface area contributed by atoms with Crippen molar-refractivity contribution in [1.82, 2.24) is 66.7 Å². The van der Waals surface area contributed by atoms with Gasteiger partial charge in [0.25, 0.3) is 0 Å². The van der Waals surface area contributed by atoms with Crippen LogP contribution in [0.4, 0.5) is 13.2 Å². The average Bonchev–Trinajstić information content (AvgIpc) is 1.68. The van der Waals surface area contributed by atoms with E-state index < -0.39 is 230 Å². The third-order valence-electron chi connectivity index (χ3n) is 22.4. The third-order valence-corrected chi connectivity index (χ3v) is 23.5. The minimum absolute atomic E-state index is 0.0251. The largest absolute Gasteiger partial charge is 0.508 e. The van der Waals surface area contributed by atoms with Gasteiger partial charge in [-0.3, -0.25) is 67.1 Å². The Balaban J connectivity index is 1.00. The highest BCUT2D eigenvalue weighted by molar-refractivity contribution is 8.00. The number of phenolic OH excluding ortho intramolecular Hbond substituents is 1. The van der Waals surface area contributed by atoms with E-state index in [1.165, 1.54) is 52.5 Å². The van der Waals surface area contributed by atoms with Gasteiger partial charge in [0.1, 0.15) is 72.5 Å². The lowest BCUT2D eigenvalue weighted by Gasteiger charge is -2.38. The molecule has 2 fully saturated rings. The number of phenols is 1. The summed E-state index contributed by atoms with van der Waals surface area (Å²) in [6.45, 7) is 2.85. The number of carbonyl (C=O) groups excluding carboxylic acids is 13. The number of ether oxygens (including phenoxy) is 2. The number of carbonyl (C=O) groups is 15. The van der Waals surface area contributed by atoms with E-state index in [1.807, 2.05) is 0 Å². The molecule has 8 rings (SSSR count). The lowest BCUT2D eigenvalue weighted by Crippen LogP contribution is -2.64. The van der Waals surface area contributed by atoms with Crippen LogP contribution in [0.1, 0.15) is 93.5 Å². The molecule has 2 saturated heterocycles. The van der Waals surface area contributed by atoms with E-state index in [4.69, 9.17) is 15.2 Å². The van der Waals surface area contributed by atoms with Crippen molar-refractivity contribution in [2.75, 3.05) is 79.3 Å². The maximum Gasteiger partial charge on any atom is 0.305 e. The van der Waals surface area contributed by atoms with Crippen LogP contribution < -0.4 is 43.0 Å². The number of aldehydes is 1. The number of fused-ring (bicyclic) bond motifs is 1. The number of morpholine rings is 1. The summed E-state index contributed by atoms with van der Waals surface area (Å²) in [4.78, 5) is 221. The number of carboxylic acid groups (broad SMARTS) is 2. The number of unbranched alkanes of at least 4 members (excludes halogenated alkanes) is 1. The molecule has 0 spiro atoms. The Kier molecular flexibility index (Phi) is 39.0. The van der Waals surface area contributed by atoms with Gasteiger partial charge in [0.15, 0.2) is 17.5 Å². The quantitative estimate of drug-likeness (QED) is 0.0187. The number of para-hydroxylation sites is 1. The van der Waals surface area contributed by atoms with Crippen LogP contribution in [0.2, 0.25) is 0 Å². The molecule has 12 amide bonds. The number of nitrogens with two attached hydrogens (primary N) is 1. The van der Waals surface area contributed by atoms with Gasteiger partial charge >= 0.3 is 11.9 Å². The van der Waals surface area contributed by atoms with Crippen LogP contribution in [0.3, 0.4) is 0 Å². The number of aromatic nitrogens is 1. The van der Waals surface area contributed by atoms with Crippen LogP contribution in [-0.4, -0.2) is 308 Å². The Labute approximate surface area is 747 Å². The molecule has 2 aliphatic rings. The predicted octanol–water partition coefficient (Wildman–Crippen LogP) is 0.952. The number of nitrogens with one attached hydrogen (secondary N) is 8. The summed E-state index contributed by atoms with van der Waals surface area (Å²) >= 11 is 0.800. The average molecular weight is 1820 g/mol. The van der Waals surface area contributed by atoms with E-state index in [0.29, 0.717) is 58.1 Å². The second-order valence-electron chi connectivity index (χ2n) is 32.2. The number of likely N-dealkylation sites (N-methyl/N-ethyl adjacent to an activating group) is 3. The molecule has 6 aromatic rings. The number of thioether (sulfide) groups is 1. The molecule has 36 nitrogen and oxygen atoms in total. The molecule has 15 N–H and O–H groups in total. The molecule has 1 aromatic heterocycles. The number of β-amino-alcohol motifs (C(OH)–C–C–N with tert-alkyl or cyclic N) is 1. The molecule has 14 atom stereocenters. The first-order valence-corrected chi connectivity index (χ1v) is 43.3. The molecule has 5 aromatic carbocycles. The van der Waals surface area contributed by atoms with E-state index >= 15 is 32.8 Å². The van der Waals surface area contributed by atoms with Gasteiger partial charge in [-0.2, -0.15) is 0 Å². The number of aliphatic carboxylic acids is 2. The summed E-state index contributed by atoms with van der Waals surface area (Å²) in [6, 6.07) is 11.0. The number of halogens is 3. The number of nitrogens with zero attached hydrogens (tertiary/aromatic N) is 5. The number of methoxy groups -OCH3 is 1. The lowest BCUT2D eigenvalue weighted by molar-refractivity contribution is -0.154. The van der Waals surface area contributed by atoms with Crippen molar-refractivity contribution in [3.8, 4) is 5.75 Å². The first-order chi connectivity index (χ1) is 61.4. The summed E-state index contributed by atoms with van der Waals surface area (Å²) in [7, 11) is 5.14. The molecule has 40 heteroatoms. The fourth-order valence-electron chi connectivity index (χ4n) is 15.1. The van der Waals surface area contributed by atoms with Crippen molar-refractivity contribution in [2.45, 2.75) is 182 Å². The Hall–Kier alpha value is -12.4. The fourth-order valence-corrected chi connectivity index (χ4v) is 16.0. The SMILES string of the molecule is CCCC[C@@H](C(=O)N1C[C@H](O)C[C@@H]1C(=O)N[C@H](C=O)CC(=O)O)N(C)C(=O)[C@H](Cc1ccccc1)N(C)C(=O)[C@H](Cc1cc(F)c(F)c(F)c1)NC(=O)CSC[C@@H](CO)NC(=O)[C@H](CCOC)NC(=O)[C@H](Cc1ccc(O)cc1)NC(=O)[C@H](Cc1c[nH]c2ccccc12)NC(=O)[C@H]1COCCN1C(=O)[C@H](CC(=O)O)NC(=O)[C@H](Cc1ccccc1)N(C)C(=O)[C@@H](N)C(C)C. The number of H-pyrrole nitrogens is 1. The molecule has 129 heavy (non-hydrogen) atoms. The number of aromatic amines is 1. The standard InChI is InChI=1S/C89H113F3N14O22S/c1-8-9-24-69(88(125)106-44-59(110)41-71(106)83(120)95-56(45-107)40-75(112)113)102(4)87(124)72(38-52-20-14-11-15-21-52)104(6)85(122)67(36-54-33-61(90)77(92)62(91)34-54)97-74(111)49-129-48-57(46-108)96-79(116)64(29-31-127-7)98-80(117)65(35-53-25-27-58(109)28-26-53)99-81(118)66(39-55-43-94-63-23-17-16-22-60(55)63)100-84(121)73-47-128-32-30-105(73)86(123)68(42-76(114)115)101-82(119)70(37-51-18-12-10-13-19-51)103(5)89(126)78(93)50(2)3/h10-23,25-28,33-34,43,45,50,56-57,59,64-73,78,94,108-110H,8-9,24,29-32,35-42,44,46-49,93H2,1-7H3,(H,95,120)(H,96,116)(H,97,111)(H,98,117)(H,99,118)(H,100,121)(H,101,119)(H,112,113)(H,114,115)/t56-,57+,59+,64-,65-,66-,67-,68-,69-,70-,71+,72-,73+,78-/m0/s1. The zero-order chi connectivity index (χ0) is 94.5. The summed E-state index contributed by atoms with van der Waals surface area (Å²) in [5.74, 6) is -20.5. The number of rotatable bonds is 48. The summed E-state index contributed by atoms with van der Waals surface area (Å²) < 4.78 is 55.6. The normalized spacial score (nSPS) is 16.9. The zero-order valence-corrected chi connectivity index (χ0v) is 73.4. The van der Waals surface area contributed by atoms with Gasteiger partial charge in [0.2, 0.25) is 70.9 Å². The van der Waals surface area contributed by atoms with Gasteiger partial charge < -0.3 is 112 Å². The van der Waals surface area contributed by atoms with E-state index in [9.17, 15) is 77.9 Å². The minimum Gasteiger partial charge on any atom is -0.508 e. The third kappa shape index (κ3) is 29.1. The molecular formula is C89H113F3N14O22S. The fraction of sp³-hybridized carbons (Fsp3) is 0.472. The molecule has 0 bridgehead atoms. The van der Waals surface area contributed by atoms with Gasteiger partial charge in [0, 0.05) is 109 Å². The van der Waals surface area contributed by atoms with Crippen LogP contribution in [-0.2, 0) is 113 Å². The summed E-state index contributed by atoms with van der Waals surface area (Å²) in [5, 5.41) is 70.3. The van der Waals surface area contributed by atoms with Crippen molar-refractivity contribution < 1.29 is 120 Å². The number of benzene rings is 5. The molecule has 0 radical (unpaired) electrons. The van der Waals surface area contributed by atoms with E-state index in [0.717, 1.165) is 36.3 Å². The number of aliphatic hydroxyl groups is 2. The van der Waals surface area contributed by atoms with Crippen molar-refractivity contribution in [1.29, 1.82) is 0 Å². The van der Waals surface area contributed by atoms with Gasteiger partial charge in [0.05, 0.1) is 62.6 Å². The second kappa shape index (κ2) is 49.3. The molecular weight excluding hydrogens is 1710 g/mol. The van der Waals surface area contributed by atoms with Crippen LogP contribution in [0.5, 0.6) is 5.75 Å². The van der Waals surface area contributed by atoms with Crippen molar-refractivity contribution in [3.63, 3.8) is 0 Å². The van der Waals surface area contributed by atoms with Gasteiger partial charge in [-0.05, 0) is 76.9 Å². The van der Waals surface area contributed by atoms with Crippen LogP contribution in [0, 0.1) is 23.4 Å². The molecule has 2 aliphatic heterocycles. The number of hydrogen-bond donors (Lipinski definition) is 14. The van der Waals surface area contributed by atoms with Gasteiger partial charge in [-0.25, -0.2) is 13.2 Å². The molecule has 0 saturated carbocycles. The smallest absolute Gasteiger partial charge is 0.305 e. The highest BCUT2D eigenvalue weighted by Gasteiger charge is 2.47. The highest BCUT2D eigenvalue weighted by Crippen LogP contribution is 2.28. The predicted molar refractivity (Wildman–Crippen MR) is 464 cm³/mol. The Morgan fingerprint density at radius 3 is 1.78 bits per heavy atom. The van der Waals surface area contributed by atoms with Crippen LogP contribution in [0.25, 0.3) is 10.9 Å². The van der Waals surface area contributed by atoms with Crippen molar-refractivity contribution >= 4 is 112 Å². The summed E-state index contributed by atoms with van der Waals surface area (Å²) in [6.07, 6.45) is -2.74. The zero-order valence-electron chi connectivity index (χ0n) is 72.5. The van der Waals surface area contributed by atoms with Crippen LogP contribution in [0.15, 0.2) is 128 Å². The van der Waals surface area contributed by atoms with Crippen molar-refractivity contribution in [3.05, 3.63) is 173 Å². The van der Waals surface area contributed by atoms with Gasteiger partial charge in [-0.1, -0.05) is 125 Å². The van der Waals surface area contributed by atoms with E-state index in [1.54, 1.807) is 112 Å². The number of likely N-dealkylation sites (tertiary alicyclic amines) is 1. The first-order valence-electron chi connectivity index (χ1n) is 42.1. The van der Waals surface area contributed by atoms with Gasteiger partial charge in [-0.15, -0.1) is 11.8 Å². The molecule has 0 unspecified atom stereocenters. The first kappa shape index (κ1) is 102. The number of aliphatic hydroxyl groups excluding tert-OH is 2. The Morgan fingerprint density at radius 2 is 1.17 bits per heavy atom. The Bertz CT molecular complexity index is 4890. The Morgan fingerprint density at radius 1 is 0.612 bits per heavy atom. The maximum atomic E-state index is 15.3. The number of amides is 12. The molecule has 698 valence electrons. The highest BCUT2D eigenvalue weighted by atomic mass is 32.2. The number of carboxylic acids is 2. The topological polar surface area (TPSA) is 518 Å². The minimum atomic E-state index is -1.84. The monoisotopic (exact) mass is 1820 g/mol. The summed E-state index contributed by atoms with van der Waals surface area (Å²) in [5.41, 5.74) is 8.48. The molecule has 3 heterocycles. The molecule has 0 aliphatic carbocycles. The van der Waals surface area contributed by atoms with E-state index in [2.05, 4.69) is 42.2 Å². The van der Waals surface area contributed by atoms with Crippen LogP contribution >= 0.6 is 11.8 Å². The number of aromatic hydroxyl groups is 1. The number of hydrogen-bond acceptors (Lipinski definition) is 22. The lowest BCUT2D eigenvalue weighted by atomic mass is 9.99. The van der Waals surface area contributed by atoms with E-state index in [-0.39, 0.29) is 94.0 Å².